The maximum absolute atomic E-state index is 7.96. The van der Waals surface area contributed by atoms with Gasteiger partial charge in [0.2, 0.25) is 0 Å². The number of rotatable bonds is 3. The second-order valence-corrected chi connectivity index (χ2v) is 1.84. The second-order valence-electron chi connectivity index (χ2n) is 1.84. The van der Waals surface area contributed by atoms with Crippen molar-refractivity contribution in [1.82, 2.24) is 0 Å². The molecule has 0 saturated heterocycles. The molecule has 1 N–H and O–H groups in total. The molecule has 1 heterocycles. The number of furan rings is 1. The van der Waals surface area contributed by atoms with Crippen molar-refractivity contribution in [3.05, 3.63) is 34.1 Å². The maximum atomic E-state index is 7.96. The average Bonchev–Trinajstić information content (AvgIpc) is 2.48. The van der Waals surface area contributed by atoms with Crippen molar-refractivity contribution in [3.8, 4) is 0 Å². The largest absolute Gasteiger partial charge is 0.460 e. The third kappa shape index (κ3) is 1.84. The van der Waals surface area contributed by atoms with Crippen molar-refractivity contribution < 1.29 is 4.42 Å². The summed E-state index contributed by atoms with van der Waals surface area (Å²) in [5, 5.41) is 10.1. The van der Waals surface area contributed by atoms with Gasteiger partial charge in [0, 0.05) is 4.91 Å². The first-order chi connectivity index (χ1) is 5.36. The fourth-order valence-electron chi connectivity index (χ4n) is 0.658. The van der Waals surface area contributed by atoms with E-state index in [0.29, 0.717) is 11.5 Å². The lowest BCUT2D eigenvalue weighted by atomic mass is 10.4. The van der Waals surface area contributed by atoms with Crippen LogP contribution in [0.1, 0.15) is 11.5 Å². The Bertz CT molecular complexity index is 297. The molecule has 0 spiro atoms. The molecule has 0 aliphatic rings. The molecule has 5 heteroatoms. The predicted molar refractivity (Wildman–Crippen MR) is 39.4 cm³/mol. The van der Waals surface area contributed by atoms with Gasteiger partial charge >= 0.3 is 0 Å². The molecular formula is C6H6N4O. The van der Waals surface area contributed by atoms with Crippen LogP contribution in [0.3, 0.4) is 0 Å². The van der Waals surface area contributed by atoms with E-state index < -0.39 is 0 Å². The summed E-state index contributed by atoms with van der Waals surface area (Å²) in [7, 11) is 0. The number of nitrogens with zero attached hydrogens (tertiary/aromatic N) is 3. The highest BCUT2D eigenvalue weighted by Gasteiger charge is 1.96. The molecule has 0 atom stereocenters. The van der Waals surface area contributed by atoms with Crippen LogP contribution in [-0.4, -0.2) is 6.21 Å². The van der Waals surface area contributed by atoms with Crippen LogP contribution in [-0.2, 0) is 6.54 Å². The van der Waals surface area contributed by atoms with E-state index >= 15 is 0 Å². The van der Waals surface area contributed by atoms with E-state index in [9.17, 15) is 0 Å². The molecule has 0 fully saturated rings. The van der Waals surface area contributed by atoms with Gasteiger partial charge in [0.25, 0.3) is 0 Å². The third-order valence-corrected chi connectivity index (χ3v) is 1.11. The molecule has 1 rings (SSSR count). The topological polar surface area (TPSA) is 85.8 Å². The molecular weight excluding hydrogens is 144 g/mol. The molecule has 1 aromatic rings. The van der Waals surface area contributed by atoms with E-state index in [1.165, 1.54) is 0 Å². The third-order valence-electron chi connectivity index (χ3n) is 1.11. The van der Waals surface area contributed by atoms with Crippen molar-refractivity contribution in [2.45, 2.75) is 6.54 Å². The molecule has 0 aliphatic heterocycles. The molecule has 1 aromatic heterocycles. The van der Waals surface area contributed by atoms with Gasteiger partial charge in [-0.1, -0.05) is 5.11 Å². The van der Waals surface area contributed by atoms with Crippen LogP contribution in [0.5, 0.6) is 0 Å². The molecule has 0 aliphatic carbocycles. The lowest BCUT2D eigenvalue weighted by Crippen LogP contribution is -1.72. The Labute approximate surface area is 62.8 Å². The van der Waals surface area contributed by atoms with Crippen molar-refractivity contribution >= 4 is 6.21 Å². The highest BCUT2D eigenvalue weighted by atomic mass is 16.3. The zero-order chi connectivity index (χ0) is 8.10. The summed E-state index contributed by atoms with van der Waals surface area (Å²) in [5.74, 6) is 1.04. The van der Waals surface area contributed by atoms with Gasteiger partial charge in [-0.3, -0.25) is 0 Å². The fourth-order valence-corrected chi connectivity index (χ4v) is 0.658. The van der Waals surface area contributed by atoms with E-state index in [1.54, 1.807) is 12.1 Å². The van der Waals surface area contributed by atoms with Gasteiger partial charge in [-0.2, -0.15) is 0 Å². The summed E-state index contributed by atoms with van der Waals surface area (Å²) < 4.78 is 5.03. The van der Waals surface area contributed by atoms with Gasteiger partial charge in [0.1, 0.15) is 11.5 Å². The van der Waals surface area contributed by atoms with E-state index in [0.717, 1.165) is 6.21 Å². The zero-order valence-electron chi connectivity index (χ0n) is 5.69. The summed E-state index contributed by atoms with van der Waals surface area (Å²) in [4.78, 5) is 2.57. The number of hydrogen-bond acceptors (Lipinski definition) is 3. The van der Waals surface area contributed by atoms with E-state index in [4.69, 9.17) is 15.4 Å². The summed E-state index contributed by atoms with van der Waals surface area (Å²) >= 11 is 0. The minimum Gasteiger partial charge on any atom is -0.460 e. The molecule has 56 valence electrons. The molecule has 0 amide bonds. The quantitative estimate of drug-likeness (QED) is 0.304. The van der Waals surface area contributed by atoms with Gasteiger partial charge < -0.3 is 9.83 Å². The Morgan fingerprint density at radius 3 is 3.09 bits per heavy atom. The lowest BCUT2D eigenvalue weighted by Gasteiger charge is -1.84. The minimum absolute atomic E-state index is 0.199. The van der Waals surface area contributed by atoms with Gasteiger partial charge in [-0.25, -0.2) is 0 Å². The van der Waals surface area contributed by atoms with Crippen LogP contribution >= 0.6 is 0 Å². The van der Waals surface area contributed by atoms with Gasteiger partial charge in [0.15, 0.2) is 0 Å². The maximum Gasteiger partial charge on any atom is 0.144 e. The molecule has 0 aromatic carbocycles. The summed E-state index contributed by atoms with van der Waals surface area (Å²) in [6.07, 6.45) is 1.10. The van der Waals surface area contributed by atoms with Crippen molar-refractivity contribution in [1.29, 1.82) is 5.41 Å². The van der Waals surface area contributed by atoms with Crippen LogP contribution in [0.2, 0.25) is 0 Å². The molecule has 0 bridgehead atoms. The Kier molecular flexibility index (Phi) is 2.30. The van der Waals surface area contributed by atoms with Crippen LogP contribution in [0.15, 0.2) is 21.7 Å². The molecule has 11 heavy (non-hydrogen) atoms. The van der Waals surface area contributed by atoms with Gasteiger partial charge in [-0.05, 0) is 17.7 Å². The molecule has 5 nitrogen and oxygen atoms in total. The lowest BCUT2D eigenvalue weighted by molar-refractivity contribution is 0.506. The normalized spacial score (nSPS) is 8.73. The summed E-state index contributed by atoms with van der Waals surface area (Å²) in [5.41, 5.74) is 7.96. The fraction of sp³-hybridized carbons (Fsp3) is 0.167. The Balaban J connectivity index is 2.72. The minimum atomic E-state index is 0.199. The van der Waals surface area contributed by atoms with E-state index in [2.05, 4.69) is 10.0 Å². The smallest absolute Gasteiger partial charge is 0.144 e. The Morgan fingerprint density at radius 1 is 1.73 bits per heavy atom. The molecule has 0 saturated carbocycles. The number of hydrogen-bond donors (Lipinski definition) is 1. The highest BCUT2D eigenvalue weighted by molar-refractivity contribution is 5.72. The highest BCUT2D eigenvalue weighted by Crippen LogP contribution is 2.06. The molecule has 0 radical (unpaired) electrons. The first kappa shape index (κ1) is 7.37. The average molecular weight is 150 g/mol. The first-order valence-corrected chi connectivity index (χ1v) is 2.97. The first-order valence-electron chi connectivity index (χ1n) is 2.97. The summed E-state index contributed by atoms with van der Waals surface area (Å²) in [6, 6.07) is 3.32. The van der Waals surface area contributed by atoms with Crippen molar-refractivity contribution in [2.75, 3.05) is 0 Å². The van der Waals surface area contributed by atoms with Crippen LogP contribution in [0, 0.1) is 5.41 Å². The SMILES string of the molecule is [N-]=[N+]=NCc1ccc(C=N)o1. The van der Waals surface area contributed by atoms with Crippen LogP contribution < -0.4 is 0 Å². The monoisotopic (exact) mass is 150 g/mol. The van der Waals surface area contributed by atoms with E-state index in [1.807, 2.05) is 0 Å². The van der Waals surface area contributed by atoms with Crippen LogP contribution in [0.25, 0.3) is 10.4 Å². The van der Waals surface area contributed by atoms with Crippen LogP contribution in [0.4, 0.5) is 0 Å². The van der Waals surface area contributed by atoms with E-state index in [-0.39, 0.29) is 6.54 Å². The van der Waals surface area contributed by atoms with Crippen molar-refractivity contribution in [2.24, 2.45) is 5.11 Å². The Morgan fingerprint density at radius 2 is 2.55 bits per heavy atom. The molecule has 0 unspecified atom stereocenters. The summed E-state index contributed by atoms with van der Waals surface area (Å²) in [6.45, 7) is 0.199. The number of azide groups is 1. The second kappa shape index (κ2) is 3.43. The predicted octanol–water partition coefficient (Wildman–Crippen LogP) is 2.09. The number of nitrogens with one attached hydrogen (secondary N) is 1. The zero-order valence-corrected chi connectivity index (χ0v) is 5.69. The standard InChI is InChI=1S/C6H6N4O/c7-3-5-1-2-6(11-5)4-9-10-8/h1-3,7H,4H2. The van der Waals surface area contributed by atoms with Gasteiger partial charge in [-0.15, -0.1) is 0 Å². The van der Waals surface area contributed by atoms with Gasteiger partial charge in [0.05, 0.1) is 12.8 Å². The van der Waals surface area contributed by atoms with Crippen molar-refractivity contribution in [3.63, 3.8) is 0 Å². The Hall–Kier alpha value is -1.74.